The fraction of sp³-hybridized carbons (Fsp3) is 0. The third-order valence-electron chi connectivity index (χ3n) is 0.211. The van der Waals surface area contributed by atoms with Crippen molar-refractivity contribution in [1.82, 2.24) is 10.3 Å². The second-order valence-corrected chi connectivity index (χ2v) is 3.60. The maximum atomic E-state index is 9.55. The van der Waals surface area contributed by atoms with Crippen LogP contribution in [0.3, 0.4) is 0 Å². The lowest BCUT2D eigenvalue weighted by atomic mass is 13.9. The molecule has 6 N–H and O–H groups in total. The lowest BCUT2D eigenvalue weighted by Crippen LogP contribution is -2.28. The number of nitrogens with one attached hydrogen (secondary N) is 1. The zero-order chi connectivity index (χ0) is 7.71. The van der Waals surface area contributed by atoms with Gasteiger partial charge in [-0.25, -0.2) is 0 Å². The van der Waals surface area contributed by atoms with Gasteiger partial charge in [-0.1, -0.05) is 4.13 Å². The van der Waals surface area contributed by atoms with Crippen LogP contribution in [0.25, 0.3) is 0 Å². The minimum atomic E-state index is -4.87. The molecule has 0 saturated heterocycles. The van der Waals surface area contributed by atoms with Crippen molar-refractivity contribution in [3.05, 3.63) is 0 Å². The molecule has 0 rings (SSSR count). The van der Waals surface area contributed by atoms with Gasteiger partial charge in [0.25, 0.3) is 0 Å². The smallest absolute Gasteiger partial charge is 0.344 e. The summed E-state index contributed by atoms with van der Waals surface area (Å²) in [6.07, 6.45) is 0. The molecule has 0 aromatic heterocycles. The summed E-state index contributed by atoms with van der Waals surface area (Å²) in [5.74, 6) is 0. The number of hydrogen-bond acceptors (Lipinski definition) is 5. The summed E-state index contributed by atoms with van der Waals surface area (Å²) < 4.78 is 54.1. The maximum Gasteiger partial charge on any atom is 0.348 e. The van der Waals surface area contributed by atoms with E-state index in [1.54, 1.807) is 0 Å². The summed E-state index contributed by atoms with van der Waals surface area (Å²) >= 11 is 0. The van der Waals surface area contributed by atoms with Gasteiger partial charge in [0.05, 0.1) is 0 Å². The molecule has 64 valence electrons. The van der Waals surface area contributed by atoms with Gasteiger partial charge in [-0.15, -0.1) is 0 Å². The third-order valence-corrected chi connectivity index (χ3v) is 1.90. The lowest BCUT2D eigenvalue weighted by Gasteiger charge is -1.91. The summed E-state index contributed by atoms with van der Waals surface area (Å²) in [4.78, 5) is 0. The van der Waals surface area contributed by atoms with Crippen LogP contribution in [-0.2, 0) is 20.6 Å². The molecular weight excluding hydrogens is 188 g/mol. The van der Waals surface area contributed by atoms with E-state index in [1.807, 2.05) is 0 Å². The third kappa shape index (κ3) is 10.7. The molecule has 0 atom stereocenters. The summed E-state index contributed by atoms with van der Waals surface area (Å²) in [5.41, 5.74) is 0. The van der Waals surface area contributed by atoms with Gasteiger partial charge in [0, 0.05) is 0 Å². The van der Waals surface area contributed by atoms with Crippen LogP contribution in [0.5, 0.6) is 0 Å². The molecule has 0 unspecified atom stereocenters. The Kier molecular flexibility index (Phi) is 4.01. The van der Waals surface area contributed by atoms with Crippen LogP contribution in [0.15, 0.2) is 0 Å². The predicted molar refractivity (Wildman–Crippen MR) is 31.3 cm³/mol. The zero-order valence-electron chi connectivity index (χ0n) is 4.55. The zero-order valence-corrected chi connectivity index (χ0v) is 6.18. The van der Waals surface area contributed by atoms with Crippen molar-refractivity contribution in [2.24, 2.45) is 0 Å². The Hall–Kier alpha value is -0.260. The Morgan fingerprint density at radius 2 is 1.10 bits per heavy atom. The minimum absolute atomic E-state index is 0. The molecule has 10 heavy (non-hydrogen) atoms. The van der Waals surface area contributed by atoms with Crippen LogP contribution in [0, 0.1) is 0 Å². The van der Waals surface area contributed by atoms with Crippen molar-refractivity contribution < 1.29 is 25.9 Å². The molecule has 0 aliphatic heterocycles. The molecule has 8 nitrogen and oxygen atoms in total. The second-order valence-electron chi connectivity index (χ2n) is 1.03. The number of rotatable bonds is 2. The summed E-state index contributed by atoms with van der Waals surface area (Å²) in [6, 6.07) is 0. The molecule has 0 aliphatic carbocycles. The summed E-state index contributed by atoms with van der Waals surface area (Å²) in [7, 11) is -9.74. The van der Waals surface area contributed by atoms with E-state index < -0.39 is 20.6 Å². The topological polar surface area (TPSA) is 156 Å². The molecule has 0 aliphatic rings. The highest BCUT2D eigenvalue weighted by atomic mass is 32.3. The van der Waals surface area contributed by atoms with Crippen LogP contribution in [0.1, 0.15) is 0 Å². The second kappa shape index (κ2) is 3.23. The quantitative estimate of drug-likeness (QED) is 0.383. The van der Waals surface area contributed by atoms with Crippen LogP contribution < -0.4 is 10.3 Å². The van der Waals surface area contributed by atoms with Crippen LogP contribution >= 0.6 is 0 Å². The van der Waals surface area contributed by atoms with Gasteiger partial charge in [-0.05, 0) is 0 Å². The fourth-order valence-electron chi connectivity index (χ4n) is 0.133. The normalized spacial score (nSPS) is 12.2. The van der Waals surface area contributed by atoms with Gasteiger partial charge >= 0.3 is 20.6 Å². The van der Waals surface area contributed by atoms with E-state index in [1.165, 1.54) is 0 Å². The Bertz CT molecular complexity index is 239. The average molecular weight is 194 g/mol. The first-order valence-corrected chi connectivity index (χ1v) is 4.32. The van der Waals surface area contributed by atoms with Crippen molar-refractivity contribution >= 4 is 20.6 Å². The highest BCUT2D eigenvalue weighted by Crippen LogP contribution is 1.77. The van der Waals surface area contributed by atoms with E-state index in [0.29, 0.717) is 4.13 Å². The molecule has 0 bridgehead atoms. The highest BCUT2D eigenvalue weighted by molar-refractivity contribution is 7.99. The molecule has 0 aromatic rings. The summed E-state index contributed by atoms with van der Waals surface area (Å²) in [5, 5.41) is 0. The lowest BCUT2D eigenvalue weighted by molar-refractivity contribution is 0.456. The van der Waals surface area contributed by atoms with Gasteiger partial charge in [0.15, 0.2) is 0 Å². The Morgan fingerprint density at radius 1 is 0.900 bits per heavy atom. The highest BCUT2D eigenvalue weighted by Gasteiger charge is 2.12. The first-order valence-electron chi connectivity index (χ1n) is 1.44. The van der Waals surface area contributed by atoms with Gasteiger partial charge in [-0.2, -0.15) is 16.8 Å². The molecule has 0 radical (unpaired) electrons. The Balaban J connectivity index is 0. The van der Waals surface area contributed by atoms with Crippen molar-refractivity contribution in [3.8, 4) is 0 Å². The van der Waals surface area contributed by atoms with Crippen LogP contribution in [0.4, 0.5) is 0 Å². The van der Waals surface area contributed by atoms with Crippen LogP contribution in [-0.4, -0.2) is 25.9 Å². The van der Waals surface area contributed by atoms with Crippen molar-refractivity contribution in [1.29, 1.82) is 0 Å². The standard InChI is InChI=1S/H3NO6S2.H3N/c2-8(3,4)1-9(5,6)7;/h1H,(H,2,3,4)(H,5,6,7);1H3. The van der Waals surface area contributed by atoms with Crippen molar-refractivity contribution in [3.63, 3.8) is 0 Å². The number of hydrogen-bond donors (Lipinski definition) is 4. The van der Waals surface area contributed by atoms with E-state index in [2.05, 4.69) is 0 Å². The van der Waals surface area contributed by atoms with Crippen molar-refractivity contribution in [2.45, 2.75) is 0 Å². The molecule has 0 aromatic carbocycles. The Morgan fingerprint density at radius 3 is 1.10 bits per heavy atom. The van der Waals surface area contributed by atoms with E-state index in [9.17, 15) is 16.8 Å². The molecule has 0 heterocycles. The van der Waals surface area contributed by atoms with Gasteiger partial charge in [0.2, 0.25) is 0 Å². The molecular formula is H6N2O6S2. The molecule has 10 heteroatoms. The predicted octanol–water partition coefficient (Wildman–Crippen LogP) is -1.66. The van der Waals surface area contributed by atoms with Gasteiger partial charge < -0.3 is 6.15 Å². The van der Waals surface area contributed by atoms with Crippen LogP contribution in [0.2, 0.25) is 0 Å². The van der Waals surface area contributed by atoms with Gasteiger partial charge in [-0.3, -0.25) is 9.11 Å². The Labute approximate surface area is 57.6 Å². The summed E-state index contributed by atoms with van der Waals surface area (Å²) in [6.45, 7) is 0. The SMILES string of the molecule is N.O=S(=O)(O)NS(=O)(=O)O. The molecule has 0 spiro atoms. The molecule has 0 fully saturated rings. The van der Waals surface area contributed by atoms with Crippen molar-refractivity contribution in [2.75, 3.05) is 0 Å². The first-order chi connectivity index (χ1) is 3.71. The van der Waals surface area contributed by atoms with E-state index in [0.717, 1.165) is 0 Å². The first kappa shape index (κ1) is 12.4. The van der Waals surface area contributed by atoms with E-state index in [4.69, 9.17) is 9.11 Å². The van der Waals surface area contributed by atoms with E-state index in [-0.39, 0.29) is 6.15 Å². The monoisotopic (exact) mass is 194 g/mol. The average Bonchev–Trinajstić information content (AvgIpc) is 1.14. The molecule has 0 saturated carbocycles. The van der Waals surface area contributed by atoms with E-state index >= 15 is 0 Å². The van der Waals surface area contributed by atoms with Gasteiger partial charge in [0.1, 0.15) is 0 Å². The largest absolute Gasteiger partial charge is 0.348 e. The molecule has 0 amide bonds. The fourth-order valence-corrected chi connectivity index (χ4v) is 1.20. The minimum Gasteiger partial charge on any atom is -0.344 e. The maximum absolute atomic E-state index is 9.55.